The summed E-state index contributed by atoms with van der Waals surface area (Å²) in [7, 11) is 1.64. The van der Waals surface area contributed by atoms with Gasteiger partial charge in [-0.15, -0.1) is 38.5 Å². The molecule has 0 aliphatic heterocycles. The molecular formula is C18H15BrN4O2S. The number of aromatic nitrogens is 2. The van der Waals surface area contributed by atoms with E-state index in [9.17, 15) is 5.11 Å². The molecule has 0 spiro atoms. The lowest BCUT2D eigenvalue weighted by Gasteiger charge is -2.00. The number of nitrogens with zero attached hydrogens (tertiary/aromatic N) is 3. The molecule has 8 heteroatoms. The highest BCUT2D eigenvalue weighted by atomic mass is 79.9. The van der Waals surface area contributed by atoms with Gasteiger partial charge in [0.2, 0.25) is 11.0 Å². The number of halogens is 1. The summed E-state index contributed by atoms with van der Waals surface area (Å²) < 4.78 is 5.16. The highest BCUT2D eigenvalue weighted by Crippen LogP contribution is 2.37. The summed E-state index contributed by atoms with van der Waals surface area (Å²) in [5, 5.41) is 21.6. The van der Waals surface area contributed by atoms with Crippen molar-refractivity contribution >= 4 is 50.0 Å². The van der Waals surface area contributed by atoms with Gasteiger partial charge in [0.15, 0.2) is 5.69 Å². The van der Waals surface area contributed by atoms with Gasteiger partial charge >= 0.3 is 0 Å². The van der Waals surface area contributed by atoms with Crippen molar-refractivity contribution in [3.63, 3.8) is 0 Å². The van der Waals surface area contributed by atoms with E-state index in [0.717, 1.165) is 27.9 Å². The highest BCUT2D eigenvalue weighted by Gasteiger charge is 2.10. The molecule has 0 aliphatic rings. The molecule has 2 heterocycles. The largest absolute Gasteiger partial charge is 0.497 e. The Bertz CT molecular complexity index is 1060. The molecule has 2 aromatic heterocycles. The van der Waals surface area contributed by atoms with Crippen LogP contribution in [0.2, 0.25) is 0 Å². The molecule has 0 aliphatic carbocycles. The lowest BCUT2D eigenvalue weighted by molar-refractivity contribution is 0.415. The molecule has 6 nitrogen and oxygen atoms in total. The lowest BCUT2D eigenvalue weighted by atomic mass is 10.2. The van der Waals surface area contributed by atoms with Gasteiger partial charge in [-0.25, -0.2) is 4.98 Å². The van der Waals surface area contributed by atoms with E-state index in [0.29, 0.717) is 10.8 Å². The van der Waals surface area contributed by atoms with Gasteiger partial charge in [0.25, 0.3) is 0 Å². The van der Waals surface area contributed by atoms with E-state index < -0.39 is 0 Å². The molecule has 26 heavy (non-hydrogen) atoms. The van der Waals surface area contributed by atoms with Crippen LogP contribution in [0.4, 0.5) is 10.8 Å². The summed E-state index contributed by atoms with van der Waals surface area (Å²) >= 11 is 1.39. The van der Waals surface area contributed by atoms with Crippen LogP contribution in [0.5, 0.6) is 11.6 Å². The first kappa shape index (κ1) is 18.1. The summed E-state index contributed by atoms with van der Waals surface area (Å²) in [5.74, 6) is 0.797. The molecule has 0 unspecified atom stereocenters. The maximum absolute atomic E-state index is 10.0. The maximum atomic E-state index is 10.0. The van der Waals surface area contributed by atoms with Crippen LogP contribution in [-0.2, 0) is 0 Å². The van der Waals surface area contributed by atoms with E-state index in [1.165, 1.54) is 11.3 Å². The molecule has 4 rings (SSSR count). The van der Waals surface area contributed by atoms with E-state index >= 15 is 0 Å². The molecule has 0 bridgehead atoms. The van der Waals surface area contributed by atoms with Crippen molar-refractivity contribution in [1.82, 2.24) is 9.97 Å². The zero-order valence-electron chi connectivity index (χ0n) is 13.7. The van der Waals surface area contributed by atoms with Crippen LogP contribution in [-0.4, -0.2) is 22.2 Å². The van der Waals surface area contributed by atoms with Crippen molar-refractivity contribution in [2.75, 3.05) is 7.11 Å². The molecule has 0 atom stereocenters. The number of hydrogen-bond acceptors (Lipinski definition) is 6. The third kappa shape index (κ3) is 3.47. The van der Waals surface area contributed by atoms with E-state index in [1.54, 1.807) is 7.11 Å². The Hall–Kier alpha value is -2.71. The van der Waals surface area contributed by atoms with E-state index in [2.05, 4.69) is 20.2 Å². The van der Waals surface area contributed by atoms with Crippen LogP contribution < -0.4 is 4.74 Å². The molecule has 0 saturated carbocycles. The van der Waals surface area contributed by atoms with Crippen molar-refractivity contribution in [3.8, 4) is 22.9 Å². The first-order valence-electron chi connectivity index (χ1n) is 7.56. The smallest absolute Gasteiger partial charge is 0.230 e. The Morgan fingerprint density at radius 3 is 2.62 bits per heavy atom. The summed E-state index contributed by atoms with van der Waals surface area (Å²) in [4.78, 5) is 7.35. The minimum Gasteiger partial charge on any atom is -0.497 e. The van der Waals surface area contributed by atoms with Gasteiger partial charge in [0.1, 0.15) is 5.75 Å². The van der Waals surface area contributed by atoms with Crippen LogP contribution in [0.3, 0.4) is 0 Å². The lowest BCUT2D eigenvalue weighted by Crippen LogP contribution is -1.82. The Balaban J connectivity index is 0.00000196. The number of rotatable bonds is 4. The predicted molar refractivity (Wildman–Crippen MR) is 109 cm³/mol. The second kappa shape index (κ2) is 7.67. The normalized spacial score (nSPS) is 11.0. The summed E-state index contributed by atoms with van der Waals surface area (Å²) in [6, 6.07) is 15.2. The number of H-pyrrole nitrogens is 1. The van der Waals surface area contributed by atoms with Gasteiger partial charge in [0, 0.05) is 16.3 Å². The Morgan fingerprint density at radius 2 is 1.85 bits per heavy atom. The number of para-hydroxylation sites is 1. The second-order valence-corrected chi connectivity index (χ2v) is 6.15. The fraction of sp³-hybridized carbons (Fsp3) is 0.0556. The highest BCUT2D eigenvalue weighted by molar-refractivity contribution is 8.93. The fourth-order valence-electron chi connectivity index (χ4n) is 2.51. The van der Waals surface area contributed by atoms with Crippen LogP contribution >= 0.6 is 28.3 Å². The monoisotopic (exact) mass is 430 g/mol. The van der Waals surface area contributed by atoms with Gasteiger partial charge in [-0.1, -0.05) is 18.2 Å². The molecule has 2 aromatic carbocycles. The number of hydrogen-bond donors (Lipinski definition) is 2. The van der Waals surface area contributed by atoms with Gasteiger partial charge in [-0.3, -0.25) is 0 Å². The van der Waals surface area contributed by atoms with Crippen molar-refractivity contribution in [2.24, 2.45) is 10.2 Å². The number of aromatic hydroxyl groups is 1. The first-order valence-corrected chi connectivity index (χ1v) is 8.44. The second-order valence-electron chi connectivity index (χ2n) is 5.31. The fourth-order valence-corrected chi connectivity index (χ4v) is 3.16. The molecule has 4 aromatic rings. The Labute approximate surface area is 164 Å². The van der Waals surface area contributed by atoms with Crippen molar-refractivity contribution in [3.05, 3.63) is 53.9 Å². The third-order valence-corrected chi connectivity index (χ3v) is 4.50. The summed E-state index contributed by atoms with van der Waals surface area (Å²) in [5.41, 5.74) is 3.03. The number of thiazole rings is 1. The molecule has 2 N–H and O–H groups in total. The minimum absolute atomic E-state index is 0. The van der Waals surface area contributed by atoms with Crippen molar-refractivity contribution in [2.45, 2.75) is 0 Å². The maximum Gasteiger partial charge on any atom is 0.230 e. The van der Waals surface area contributed by atoms with Crippen LogP contribution in [0, 0.1) is 0 Å². The predicted octanol–water partition coefficient (Wildman–Crippen LogP) is 6.00. The SMILES string of the molecule is Br.COc1ccc(-c2csc(N=Nc3c(O)[nH]c4ccccc34)n2)cc1. The van der Waals surface area contributed by atoms with Gasteiger partial charge < -0.3 is 14.8 Å². The van der Waals surface area contributed by atoms with Gasteiger partial charge in [-0.2, -0.15) is 0 Å². The quantitative estimate of drug-likeness (QED) is 0.389. The molecule has 132 valence electrons. The Kier molecular flexibility index (Phi) is 5.34. The number of azo groups is 1. The number of nitrogens with one attached hydrogen (secondary N) is 1. The van der Waals surface area contributed by atoms with Crippen molar-refractivity contribution in [1.29, 1.82) is 0 Å². The van der Waals surface area contributed by atoms with Crippen LogP contribution in [0.25, 0.3) is 22.2 Å². The Morgan fingerprint density at radius 1 is 1.08 bits per heavy atom. The first-order chi connectivity index (χ1) is 12.2. The molecule has 0 fully saturated rings. The summed E-state index contributed by atoms with van der Waals surface area (Å²) in [6.07, 6.45) is 0. The van der Waals surface area contributed by atoms with E-state index in [4.69, 9.17) is 4.74 Å². The zero-order chi connectivity index (χ0) is 17.2. The number of ether oxygens (including phenoxy) is 1. The molecule has 0 amide bonds. The molecular weight excluding hydrogens is 416 g/mol. The van der Waals surface area contributed by atoms with Gasteiger partial charge in [0.05, 0.1) is 18.3 Å². The topological polar surface area (TPSA) is 82.9 Å². The average molecular weight is 431 g/mol. The zero-order valence-corrected chi connectivity index (χ0v) is 16.2. The van der Waals surface area contributed by atoms with Crippen LogP contribution in [0.15, 0.2) is 64.1 Å². The number of fused-ring (bicyclic) bond motifs is 1. The number of aromatic amines is 1. The summed E-state index contributed by atoms with van der Waals surface area (Å²) in [6.45, 7) is 0. The molecule has 0 saturated heterocycles. The van der Waals surface area contributed by atoms with E-state index in [-0.39, 0.29) is 22.9 Å². The minimum atomic E-state index is -0.00289. The molecule has 0 radical (unpaired) electrons. The standard InChI is InChI=1S/C18H14N4O2S.BrH/c1-24-12-8-6-11(7-9-12)15-10-25-18(20-15)22-21-16-13-4-2-3-5-14(13)19-17(16)23;/h2-10,19,23H,1H3;1H. The van der Waals surface area contributed by atoms with Crippen LogP contribution in [0.1, 0.15) is 0 Å². The average Bonchev–Trinajstić information content (AvgIpc) is 3.24. The number of methoxy groups -OCH3 is 1. The van der Waals surface area contributed by atoms with Gasteiger partial charge in [-0.05, 0) is 30.3 Å². The van der Waals surface area contributed by atoms with Crippen molar-refractivity contribution < 1.29 is 9.84 Å². The van der Waals surface area contributed by atoms with E-state index in [1.807, 2.05) is 53.9 Å². The number of benzene rings is 2. The third-order valence-electron chi connectivity index (χ3n) is 3.77.